The third kappa shape index (κ3) is 1.97. The van der Waals surface area contributed by atoms with Crippen LogP contribution in [0, 0.1) is 0 Å². The van der Waals surface area contributed by atoms with Gasteiger partial charge in [-0.2, -0.15) is 0 Å². The largest absolute Gasteiger partial charge is 0.508 e. The molecule has 0 bridgehead atoms. The highest BCUT2D eigenvalue weighted by Crippen LogP contribution is 2.39. The molecule has 0 saturated heterocycles. The fourth-order valence-electron chi connectivity index (χ4n) is 2.23. The number of phenols is 4. The molecule has 0 aliphatic rings. The quantitative estimate of drug-likeness (QED) is 0.510. The molecule has 100 valence electrons. The summed E-state index contributed by atoms with van der Waals surface area (Å²) in [7, 11) is 0. The van der Waals surface area contributed by atoms with Crippen molar-refractivity contribution in [3.05, 3.63) is 48.5 Å². The number of benzene rings is 3. The standard InChI is InChI=1S/C16H12O4/c17-11-2-1-9-6-13(16(20)7-10(9)5-11)14-8-12(18)3-4-15(14)19/h1-8,17-20H. The van der Waals surface area contributed by atoms with Crippen LogP contribution in [-0.4, -0.2) is 20.4 Å². The summed E-state index contributed by atoms with van der Waals surface area (Å²) < 4.78 is 0. The van der Waals surface area contributed by atoms with Gasteiger partial charge in [-0.05, 0) is 53.2 Å². The van der Waals surface area contributed by atoms with E-state index < -0.39 is 0 Å². The Balaban J connectivity index is 2.28. The van der Waals surface area contributed by atoms with Crippen LogP contribution in [0.25, 0.3) is 21.9 Å². The summed E-state index contributed by atoms with van der Waals surface area (Å²) in [5, 5.41) is 40.4. The van der Waals surface area contributed by atoms with Gasteiger partial charge in [0.05, 0.1) is 0 Å². The molecule has 0 spiro atoms. The van der Waals surface area contributed by atoms with Gasteiger partial charge < -0.3 is 20.4 Å². The maximum absolute atomic E-state index is 10.1. The lowest BCUT2D eigenvalue weighted by atomic mass is 9.99. The number of phenolic OH excluding ortho intramolecular Hbond substituents is 4. The molecule has 0 amide bonds. The molecule has 0 aliphatic carbocycles. The predicted molar refractivity (Wildman–Crippen MR) is 76.0 cm³/mol. The van der Waals surface area contributed by atoms with Crippen LogP contribution in [0.3, 0.4) is 0 Å². The average molecular weight is 268 g/mol. The molecular formula is C16H12O4. The number of fused-ring (bicyclic) bond motifs is 1. The molecule has 3 aromatic rings. The van der Waals surface area contributed by atoms with Gasteiger partial charge in [-0.15, -0.1) is 0 Å². The van der Waals surface area contributed by atoms with Gasteiger partial charge in [-0.3, -0.25) is 0 Å². The van der Waals surface area contributed by atoms with E-state index in [1.807, 2.05) is 0 Å². The molecule has 0 aromatic heterocycles. The second-order valence-electron chi connectivity index (χ2n) is 4.60. The Kier molecular flexibility index (Phi) is 2.64. The van der Waals surface area contributed by atoms with Crippen LogP contribution in [0.1, 0.15) is 0 Å². The molecule has 4 nitrogen and oxygen atoms in total. The third-order valence-electron chi connectivity index (χ3n) is 3.21. The number of hydrogen-bond donors (Lipinski definition) is 4. The number of rotatable bonds is 1. The maximum atomic E-state index is 10.1. The third-order valence-corrected chi connectivity index (χ3v) is 3.21. The molecular weight excluding hydrogens is 256 g/mol. The summed E-state index contributed by atoms with van der Waals surface area (Å²) in [6.07, 6.45) is 0. The molecule has 0 radical (unpaired) electrons. The molecule has 3 rings (SSSR count). The van der Waals surface area contributed by atoms with Crippen LogP contribution in [0.4, 0.5) is 0 Å². The van der Waals surface area contributed by atoms with Crippen LogP contribution in [0.5, 0.6) is 23.0 Å². The van der Waals surface area contributed by atoms with Gasteiger partial charge in [0, 0.05) is 11.1 Å². The highest BCUT2D eigenvalue weighted by atomic mass is 16.3. The van der Waals surface area contributed by atoms with Gasteiger partial charge in [0.15, 0.2) is 0 Å². The van der Waals surface area contributed by atoms with E-state index >= 15 is 0 Å². The zero-order valence-electron chi connectivity index (χ0n) is 10.4. The summed E-state index contributed by atoms with van der Waals surface area (Å²) >= 11 is 0. The molecule has 3 aromatic carbocycles. The first kappa shape index (κ1) is 12.2. The molecule has 4 heteroatoms. The van der Waals surface area contributed by atoms with Crippen molar-refractivity contribution in [2.24, 2.45) is 0 Å². The van der Waals surface area contributed by atoms with Crippen molar-refractivity contribution in [3.63, 3.8) is 0 Å². The smallest absolute Gasteiger partial charge is 0.124 e. The minimum atomic E-state index is -0.0380. The predicted octanol–water partition coefficient (Wildman–Crippen LogP) is 3.33. The molecule has 0 unspecified atom stereocenters. The summed E-state index contributed by atoms with van der Waals surface area (Å²) in [6, 6.07) is 12.1. The van der Waals surface area contributed by atoms with Gasteiger partial charge in [-0.25, -0.2) is 0 Å². The Hall–Kier alpha value is -2.88. The van der Waals surface area contributed by atoms with Gasteiger partial charge in [0.25, 0.3) is 0 Å². The summed E-state index contributed by atoms with van der Waals surface area (Å²) in [6.45, 7) is 0. The van der Waals surface area contributed by atoms with E-state index in [4.69, 9.17) is 0 Å². The van der Waals surface area contributed by atoms with Crippen LogP contribution in [-0.2, 0) is 0 Å². The maximum Gasteiger partial charge on any atom is 0.124 e. The van der Waals surface area contributed by atoms with Crippen LogP contribution in [0.15, 0.2) is 48.5 Å². The number of aromatic hydroxyl groups is 4. The number of hydrogen-bond acceptors (Lipinski definition) is 4. The van der Waals surface area contributed by atoms with Crippen molar-refractivity contribution in [1.82, 2.24) is 0 Å². The van der Waals surface area contributed by atoms with Crippen molar-refractivity contribution < 1.29 is 20.4 Å². The van der Waals surface area contributed by atoms with E-state index in [9.17, 15) is 20.4 Å². The first-order valence-corrected chi connectivity index (χ1v) is 6.03. The van der Waals surface area contributed by atoms with Gasteiger partial charge in [-0.1, -0.05) is 6.07 Å². The fraction of sp³-hybridized carbons (Fsp3) is 0. The Morgan fingerprint density at radius 3 is 1.95 bits per heavy atom. The molecule has 0 heterocycles. The van der Waals surface area contributed by atoms with E-state index in [1.54, 1.807) is 24.3 Å². The van der Waals surface area contributed by atoms with Crippen LogP contribution >= 0.6 is 0 Å². The zero-order chi connectivity index (χ0) is 14.3. The molecule has 0 saturated carbocycles. The highest BCUT2D eigenvalue weighted by molar-refractivity contribution is 5.92. The average Bonchev–Trinajstić information content (AvgIpc) is 2.41. The zero-order valence-corrected chi connectivity index (χ0v) is 10.4. The Labute approximate surface area is 114 Å². The topological polar surface area (TPSA) is 80.9 Å². The Morgan fingerprint density at radius 1 is 0.500 bits per heavy atom. The van der Waals surface area contributed by atoms with Gasteiger partial charge >= 0.3 is 0 Å². The summed E-state index contributed by atoms with van der Waals surface area (Å²) in [4.78, 5) is 0. The normalized spacial score (nSPS) is 10.8. The molecule has 0 aliphatic heterocycles. The van der Waals surface area contributed by atoms with Crippen LogP contribution in [0.2, 0.25) is 0 Å². The molecule has 0 fully saturated rings. The highest BCUT2D eigenvalue weighted by Gasteiger charge is 2.11. The SMILES string of the molecule is Oc1ccc(O)c(-c2cc3ccc(O)cc3cc2O)c1. The van der Waals surface area contributed by atoms with Crippen molar-refractivity contribution in [2.45, 2.75) is 0 Å². The van der Waals surface area contributed by atoms with Crippen LogP contribution < -0.4 is 0 Å². The van der Waals surface area contributed by atoms with E-state index in [0.717, 1.165) is 5.39 Å². The van der Waals surface area contributed by atoms with Gasteiger partial charge in [0.1, 0.15) is 23.0 Å². The first-order valence-electron chi connectivity index (χ1n) is 6.03. The molecule has 4 N–H and O–H groups in total. The van der Waals surface area contributed by atoms with Crippen molar-refractivity contribution in [2.75, 3.05) is 0 Å². The fourth-order valence-corrected chi connectivity index (χ4v) is 2.23. The lowest BCUT2D eigenvalue weighted by Gasteiger charge is -2.10. The Morgan fingerprint density at radius 2 is 1.15 bits per heavy atom. The minimum absolute atomic E-state index is 0.00278. The van der Waals surface area contributed by atoms with Crippen molar-refractivity contribution in [1.29, 1.82) is 0 Å². The summed E-state index contributed by atoms with van der Waals surface area (Å²) in [5.74, 6) is 0.0492. The monoisotopic (exact) mass is 268 g/mol. The van der Waals surface area contributed by atoms with Crippen molar-refractivity contribution in [3.8, 4) is 34.1 Å². The second-order valence-corrected chi connectivity index (χ2v) is 4.60. The minimum Gasteiger partial charge on any atom is -0.508 e. The second kappa shape index (κ2) is 4.35. The lowest BCUT2D eigenvalue weighted by molar-refractivity contribution is 0.459. The van der Waals surface area contributed by atoms with E-state index in [2.05, 4.69) is 0 Å². The van der Waals surface area contributed by atoms with Gasteiger partial charge in [0.2, 0.25) is 0 Å². The molecule has 0 atom stereocenters. The van der Waals surface area contributed by atoms with E-state index in [1.165, 1.54) is 24.3 Å². The Bertz CT molecular complexity index is 809. The first-order chi connectivity index (χ1) is 9.54. The molecule has 20 heavy (non-hydrogen) atoms. The summed E-state index contributed by atoms with van der Waals surface area (Å²) in [5.41, 5.74) is 0.758. The lowest BCUT2D eigenvalue weighted by Crippen LogP contribution is -1.83. The van der Waals surface area contributed by atoms with E-state index in [0.29, 0.717) is 16.5 Å². The van der Waals surface area contributed by atoms with Crippen molar-refractivity contribution >= 4 is 10.8 Å². The van der Waals surface area contributed by atoms with E-state index in [-0.39, 0.29) is 23.0 Å².